The normalized spacial score (nSPS) is 10.1. The summed E-state index contributed by atoms with van der Waals surface area (Å²) >= 11 is 11.9. The van der Waals surface area contributed by atoms with Gasteiger partial charge in [0.05, 0.1) is 18.2 Å². The molecule has 2 rings (SSSR count). The largest absolute Gasteiger partial charge is 0.256 e. The summed E-state index contributed by atoms with van der Waals surface area (Å²) in [6.07, 6.45) is 1.42. The molecule has 0 bridgehead atoms. The van der Waals surface area contributed by atoms with E-state index in [-0.39, 0.29) is 12.1 Å². The molecule has 1 aromatic heterocycles. The molecule has 0 aliphatic carbocycles. The highest BCUT2D eigenvalue weighted by molar-refractivity contribution is 6.35. The lowest BCUT2D eigenvalue weighted by atomic mass is 10.1. The van der Waals surface area contributed by atoms with Crippen LogP contribution >= 0.6 is 23.2 Å². The average molecular weight is 281 g/mol. The van der Waals surface area contributed by atoms with Crippen molar-refractivity contribution in [1.82, 2.24) is 4.98 Å². The third-order valence-electron chi connectivity index (χ3n) is 2.40. The minimum absolute atomic E-state index is 0.0601. The monoisotopic (exact) mass is 280 g/mol. The van der Waals surface area contributed by atoms with Gasteiger partial charge in [-0.15, -0.1) is 0 Å². The molecule has 0 atom stereocenters. The van der Waals surface area contributed by atoms with Crippen molar-refractivity contribution in [3.63, 3.8) is 0 Å². The minimum atomic E-state index is -0.523. The second-order valence-electron chi connectivity index (χ2n) is 3.61. The predicted molar refractivity (Wildman–Crippen MR) is 69.0 cm³/mol. The van der Waals surface area contributed by atoms with Crippen molar-refractivity contribution in [2.24, 2.45) is 0 Å². The molecule has 0 spiro atoms. The molecule has 0 aliphatic heterocycles. The van der Waals surface area contributed by atoms with Crippen LogP contribution in [0.1, 0.15) is 5.69 Å². The highest BCUT2D eigenvalue weighted by Gasteiger charge is 2.09. The molecule has 0 fully saturated rings. The van der Waals surface area contributed by atoms with E-state index in [4.69, 9.17) is 28.5 Å². The summed E-state index contributed by atoms with van der Waals surface area (Å²) in [5.74, 6) is -0.523. The van der Waals surface area contributed by atoms with Gasteiger partial charge in [-0.3, -0.25) is 4.98 Å². The van der Waals surface area contributed by atoms with Crippen molar-refractivity contribution in [2.75, 3.05) is 0 Å². The van der Waals surface area contributed by atoms with E-state index in [1.165, 1.54) is 12.3 Å². The number of hydrogen-bond donors (Lipinski definition) is 0. The third kappa shape index (κ3) is 2.61. The van der Waals surface area contributed by atoms with E-state index in [0.717, 1.165) is 0 Å². The van der Waals surface area contributed by atoms with E-state index in [0.29, 0.717) is 21.2 Å². The number of nitriles is 1. The molecule has 90 valence electrons. The summed E-state index contributed by atoms with van der Waals surface area (Å²) in [5.41, 5.74) is 1.26. The zero-order chi connectivity index (χ0) is 13.1. The molecule has 0 saturated heterocycles. The molecule has 18 heavy (non-hydrogen) atoms. The van der Waals surface area contributed by atoms with Crippen LogP contribution in [0.15, 0.2) is 30.5 Å². The van der Waals surface area contributed by atoms with Gasteiger partial charge in [0, 0.05) is 27.4 Å². The Kier molecular flexibility index (Phi) is 3.81. The third-order valence-corrected chi connectivity index (χ3v) is 2.97. The molecule has 5 heteroatoms. The van der Waals surface area contributed by atoms with Gasteiger partial charge in [-0.2, -0.15) is 5.26 Å². The lowest BCUT2D eigenvalue weighted by Crippen LogP contribution is -1.94. The Balaban J connectivity index is 2.49. The molecule has 0 N–H and O–H groups in total. The summed E-state index contributed by atoms with van der Waals surface area (Å²) in [6, 6.07) is 8.09. The predicted octanol–water partition coefficient (Wildman–Crippen LogP) is 4.26. The molecule has 0 radical (unpaired) electrons. The lowest BCUT2D eigenvalue weighted by molar-refractivity contribution is 0.606. The van der Waals surface area contributed by atoms with Gasteiger partial charge in [0.15, 0.2) is 0 Å². The van der Waals surface area contributed by atoms with Crippen LogP contribution in [-0.2, 0) is 6.42 Å². The Morgan fingerprint density at radius 1 is 1.28 bits per heavy atom. The Bertz CT molecular complexity index is 635. The standard InChI is InChI=1S/C13H7Cl2FN2/c14-9-1-2-11(15)10(6-9)8-5-12(16)13(3-4-17)18-7-8/h1-2,5-7H,3H2. The second-order valence-corrected chi connectivity index (χ2v) is 4.46. The number of halogens is 3. The first-order chi connectivity index (χ1) is 8.61. The molecule has 0 amide bonds. The molecule has 1 heterocycles. The minimum Gasteiger partial charge on any atom is -0.256 e. The fourth-order valence-corrected chi connectivity index (χ4v) is 1.94. The van der Waals surface area contributed by atoms with E-state index in [1.807, 2.05) is 6.07 Å². The molecule has 0 aliphatic rings. The molecular formula is C13H7Cl2FN2. The Hall–Kier alpha value is -1.63. The van der Waals surface area contributed by atoms with Crippen molar-refractivity contribution >= 4 is 23.2 Å². The van der Waals surface area contributed by atoms with Gasteiger partial charge in [-0.05, 0) is 24.3 Å². The number of nitrogens with zero attached hydrogens (tertiary/aromatic N) is 2. The number of aromatic nitrogens is 1. The zero-order valence-electron chi connectivity index (χ0n) is 9.12. The Labute approximate surface area is 114 Å². The Morgan fingerprint density at radius 3 is 2.72 bits per heavy atom. The second kappa shape index (κ2) is 5.34. The first-order valence-electron chi connectivity index (χ1n) is 5.08. The maximum atomic E-state index is 13.7. The summed E-state index contributed by atoms with van der Waals surface area (Å²) in [7, 11) is 0. The van der Waals surface area contributed by atoms with Gasteiger partial charge in [0.2, 0.25) is 0 Å². The van der Waals surface area contributed by atoms with Gasteiger partial charge in [0.25, 0.3) is 0 Å². The summed E-state index contributed by atoms with van der Waals surface area (Å²) in [6.45, 7) is 0. The first-order valence-corrected chi connectivity index (χ1v) is 5.84. The smallest absolute Gasteiger partial charge is 0.146 e. The fourth-order valence-electron chi connectivity index (χ4n) is 1.54. The molecule has 2 nitrogen and oxygen atoms in total. The molecule has 0 unspecified atom stereocenters. The van der Waals surface area contributed by atoms with Crippen LogP contribution in [0.5, 0.6) is 0 Å². The number of rotatable bonds is 2. The SMILES string of the molecule is N#CCc1ncc(-c2cc(Cl)ccc2Cl)cc1F. The van der Waals surface area contributed by atoms with Gasteiger partial charge in [0.1, 0.15) is 5.82 Å². The quantitative estimate of drug-likeness (QED) is 0.824. The molecule has 0 saturated carbocycles. The summed E-state index contributed by atoms with van der Waals surface area (Å²) in [4.78, 5) is 3.92. The van der Waals surface area contributed by atoms with Crippen molar-refractivity contribution in [2.45, 2.75) is 6.42 Å². The van der Waals surface area contributed by atoms with E-state index in [2.05, 4.69) is 4.98 Å². The Morgan fingerprint density at radius 2 is 2.06 bits per heavy atom. The molecule has 1 aromatic carbocycles. The van der Waals surface area contributed by atoms with Gasteiger partial charge >= 0.3 is 0 Å². The van der Waals surface area contributed by atoms with Crippen LogP contribution < -0.4 is 0 Å². The first kappa shape index (κ1) is 12.8. The number of hydrogen-bond acceptors (Lipinski definition) is 2. The van der Waals surface area contributed by atoms with E-state index in [1.54, 1.807) is 18.2 Å². The number of pyridine rings is 1. The van der Waals surface area contributed by atoms with Gasteiger partial charge < -0.3 is 0 Å². The van der Waals surface area contributed by atoms with Gasteiger partial charge in [-0.25, -0.2) is 4.39 Å². The maximum absolute atomic E-state index is 13.7. The fraction of sp³-hybridized carbons (Fsp3) is 0.0769. The van der Waals surface area contributed by atoms with E-state index >= 15 is 0 Å². The summed E-state index contributed by atoms with van der Waals surface area (Å²) < 4.78 is 13.7. The average Bonchev–Trinajstić information content (AvgIpc) is 2.35. The van der Waals surface area contributed by atoms with Gasteiger partial charge in [-0.1, -0.05) is 23.2 Å². The highest BCUT2D eigenvalue weighted by atomic mass is 35.5. The van der Waals surface area contributed by atoms with Crippen molar-refractivity contribution in [3.05, 3.63) is 52.0 Å². The van der Waals surface area contributed by atoms with Crippen LogP contribution in [-0.4, -0.2) is 4.98 Å². The highest BCUT2D eigenvalue weighted by Crippen LogP contribution is 2.30. The summed E-state index contributed by atoms with van der Waals surface area (Å²) in [5, 5.41) is 9.49. The topological polar surface area (TPSA) is 36.7 Å². The van der Waals surface area contributed by atoms with Crippen molar-refractivity contribution in [3.8, 4) is 17.2 Å². The van der Waals surface area contributed by atoms with Crippen molar-refractivity contribution in [1.29, 1.82) is 5.26 Å². The molecule has 2 aromatic rings. The van der Waals surface area contributed by atoms with Crippen LogP contribution in [0.3, 0.4) is 0 Å². The van der Waals surface area contributed by atoms with Crippen LogP contribution in [0.2, 0.25) is 10.0 Å². The van der Waals surface area contributed by atoms with E-state index < -0.39 is 5.82 Å². The van der Waals surface area contributed by atoms with Crippen LogP contribution in [0.25, 0.3) is 11.1 Å². The lowest BCUT2D eigenvalue weighted by Gasteiger charge is -2.06. The van der Waals surface area contributed by atoms with Crippen molar-refractivity contribution < 1.29 is 4.39 Å². The molecular weight excluding hydrogens is 274 g/mol. The number of benzene rings is 1. The van der Waals surface area contributed by atoms with Crippen LogP contribution in [0.4, 0.5) is 4.39 Å². The zero-order valence-corrected chi connectivity index (χ0v) is 10.6. The maximum Gasteiger partial charge on any atom is 0.146 e. The van der Waals surface area contributed by atoms with Crippen LogP contribution in [0, 0.1) is 17.1 Å². The van der Waals surface area contributed by atoms with E-state index in [9.17, 15) is 4.39 Å².